The van der Waals surface area contributed by atoms with Crippen LogP contribution < -0.4 is 21.3 Å². The molecule has 0 atom stereocenters. The molecular weight excluding hydrogens is 451 g/mol. The molecule has 146 valence electrons. The fourth-order valence-electron chi connectivity index (χ4n) is 1.94. The number of carbonyl (C=O) groups is 1. The second-order valence-corrected chi connectivity index (χ2v) is 6.38. The summed E-state index contributed by atoms with van der Waals surface area (Å²) in [5.74, 6) is 0.411. The van der Waals surface area contributed by atoms with Crippen LogP contribution in [0.25, 0.3) is 0 Å². The van der Waals surface area contributed by atoms with Crippen LogP contribution in [-0.4, -0.2) is 49.0 Å². The molecule has 0 aromatic heterocycles. The van der Waals surface area contributed by atoms with Crippen molar-refractivity contribution in [1.82, 2.24) is 16.0 Å². The summed E-state index contributed by atoms with van der Waals surface area (Å²) in [7, 11) is 1.63. The van der Waals surface area contributed by atoms with Crippen LogP contribution in [-0.2, 0) is 4.79 Å². The van der Waals surface area contributed by atoms with Crippen molar-refractivity contribution in [3.8, 4) is 0 Å². The lowest BCUT2D eigenvalue weighted by molar-refractivity contribution is -0.384. The number of carbonyl (C=O) groups excluding carboxylic acids is 1. The molecule has 0 fully saturated rings. The Morgan fingerprint density at radius 2 is 1.77 bits per heavy atom. The van der Waals surface area contributed by atoms with E-state index in [2.05, 4.69) is 26.3 Å². The molecule has 10 heteroatoms. The van der Waals surface area contributed by atoms with Gasteiger partial charge < -0.3 is 21.3 Å². The summed E-state index contributed by atoms with van der Waals surface area (Å²) in [4.78, 5) is 26.0. The van der Waals surface area contributed by atoms with Gasteiger partial charge in [-0.1, -0.05) is 0 Å². The third-order valence-corrected chi connectivity index (χ3v) is 2.98. The van der Waals surface area contributed by atoms with Gasteiger partial charge in [0.05, 0.1) is 11.5 Å². The molecule has 4 N–H and O–H groups in total. The maximum Gasteiger partial charge on any atom is 0.269 e. The van der Waals surface area contributed by atoms with Gasteiger partial charge in [0.1, 0.15) is 0 Å². The molecule has 0 saturated carbocycles. The van der Waals surface area contributed by atoms with Crippen molar-refractivity contribution in [3.63, 3.8) is 0 Å². The number of hydrogen-bond donors (Lipinski definition) is 4. The van der Waals surface area contributed by atoms with Crippen LogP contribution in [0.2, 0.25) is 0 Å². The third kappa shape index (κ3) is 10.0. The first-order valence-electron chi connectivity index (χ1n) is 7.95. The zero-order valence-electron chi connectivity index (χ0n) is 15.5. The zero-order chi connectivity index (χ0) is 18.9. The van der Waals surface area contributed by atoms with Gasteiger partial charge in [-0.15, -0.1) is 24.0 Å². The fraction of sp³-hybridized carbons (Fsp3) is 0.500. The first kappa shape index (κ1) is 23.9. The minimum atomic E-state index is -0.434. The predicted octanol–water partition coefficient (Wildman–Crippen LogP) is 1.70. The lowest BCUT2D eigenvalue weighted by Crippen LogP contribution is -2.48. The van der Waals surface area contributed by atoms with Gasteiger partial charge in [0.2, 0.25) is 5.91 Å². The summed E-state index contributed by atoms with van der Waals surface area (Å²) >= 11 is 0. The molecule has 1 rings (SSSR count). The first-order chi connectivity index (χ1) is 11.7. The highest BCUT2D eigenvalue weighted by molar-refractivity contribution is 14.0. The zero-order valence-corrected chi connectivity index (χ0v) is 17.8. The highest BCUT2D eigenvalue weighted by atomic mass is 127. The van der Waals surface area contributed by atoms with Crippen LogP contribution in [0.15, 0.2) is 29.3 Å². The summed E-state index contributed by atoms with van der Waals surface area (Å²) in [6.07, 6.45) is 0. The molecule has 1 amide bonds. The van der Waals surface area contributed by atoms with E-state index >= 15 is 0 Å². The smallest absolute Gasteiger partial charge is 0.269 e. The van der Waals surface area contributed by atoms with Gasteiger partial charge in [-0.05, 0) is 32.9 Å². The molecule has 0 aliphatic rings. The molecule has 0 aliphatic heterocycles. The minimum absolute atomic E-state index is 0. The summed E-state index contributed by atoms with van der Waals surface area (Å²) in [6.45, 7) is 7.04. The maximum atomic E-state index is 11.8. The average Bonchev–Trinajstić information content (AvgIpc) is 2.53. The van der Waals surface area contributed by atoms with E-state index in [1.807, 2.05) is 20.8 Å². The molecule has 0 unspecified atom stereocenters. The summed E-state index contributed by atoms with van der Waals surface area (Å²) in [5, 5.41) is 22.6. The van der Waals surface area contributed by atoms with Crippen molar-refractivity contribution in [1.29, 1.82) is 0 Å². The van der Waals surface area contributed by atoms with Gasteiger partial charge in [-0.25, -0.2) is 0 Å². The molecule has 1 aromatic carbocycles. The van der Waals surface area contributed by atoms with E-state index in [9.17, 15) is 14.9 Å². The number of benzene rings is 1. The van der Waals surface area contributed by atoms with Crippen molar-refractivity contribution < 1.29 is 9.72 Å². The van der Waals surface area contributed by atoms with Crippen molar-refractivity contribution in [2.24, 2.45) is 4.99 Å². The van der Waals surface area contributed by atoms with Gasteiger partial charge in [0.15, 0.2) is 5.96 Å². The quantitative estimate of drug-likeness (QED) is 0.118. The van der Waals surface area contributed by atoms with Crippen LogP contribution in [0.1, 0.15) is 20.8 Å². The standard InChI is InChI=1S/C16H26N6O3.HI/c1-16(2,3)21-14(23)11-20-15(17-4)19-10-9-18-12-5-7-13(8-6-12)22(24)25;/h5-8,18H,9-11H2,1-4H3,(H,21,23)(H2,17,19,20);1H. The number of aliphatic imine (C=N–C) groups is 1. The molecule has 0 heterocycles. The van der Waals surface area contributed by atoms with Crippen LogP contribution in [0.5, 0.6) is 0 Å². The maximum absolute atomic E-state index is 11.8. The van der Waals surface area contributed by atoms with E-state index < -0.39 is 4.92 Å². The van der Waals surface area contributed by atoms with E-state index in [1.54, 1.807) is 19.2 Å². The molecule has 26 heavy (non-hydrogen) atoms. The van der Waals surface area contributed by atoms with Gasteiger partial charge in [-0.2, -0.15) is 0 Å². The van der Waals surface area contributed by atoms with E-state index in [0.29, 0.717) is 19.0 Å². The van der Waals surface area contributed by atoms with Crippen LogP contribution in [0.3, 0.4) is 0 Å². The number of amides is 1. The minimum Gasteiger partial charge on any atom is -0.383 e. The number of non-ortho nitro benzene ring substituents is 1. The van der Waals surface area contributed by atoms with E-state index in [4.69, 9.17) is 0 Å². The Morgan fingerprint density at radius 3 is 2.27 bits per heavy atom. The monoisotopic (exact) mass is 478 g/mol. The van der Waals surface area contributed by atoms with Crippen molar-refractivity contribution in [2.75, 3.05) is 32.0 Å². The molecule has 9 nitrogen and oxygen atoms in total. The number of nitro groups is 1. The van der Waals surface area contributed by atoms with E-state index in [1.165, 1.54) is 12.1 Å². The summed E-state index contributed by atoms with van der Waals surface area (Å²) < 4.78 is 0. The van der Waals surface area contributed by atoms with Crippen LogP contribution >= 0.6 is 24.0 Å². The lowest BCUT2D eigenvalue weighted by atomic mass is 10.1. The number of rotatable bonds is 7. The van der Waals surface area contributed by atoms with Crippen molar-refractivity contribution in [2.45, 2.75) is 26.3 Å². The number of guanidine groups is 1. The molecule has 0 bridgehead atoms. The number of anilines is 1. The van der Waals surface area contributed by atoms with E-state index in [-0.39, 0.29) is 47.7 Å². The summed E-state index contributed by atoms with van der Waals surface area (Å²) in [5.41, 5.74) is 0.575. The van der Waals surface area contributed by atoms with Crippen LogP contribution in [0.4, 0.5) is 11.4 Å². The molecule has 1 aromatic rings. The number of halogens is 1. The van der Waals surface area contributed by atoms with Gasteiger partial charge in [-0.3, -0.25) is 19.9 Å². The first-order valence-corrected chi connectivity index (χ1v) is 7.95. The Labute approximate surface area is 170 Å². The van der Waals surface area contributed by atoms with Crippen LogP contribution in [0, 0.1) is 10.1 Å². The number of hydrogen-bond acceptors (Lipinski definition) is 5. The molecule has 0 spiro atoms. The second kappa shape index (κ2) is 11.5. The Morgan fingerprint density at radius 1 is 1.15 bits per heavy atom. The van der Waals surface area contributed by atoms with Gasteiger partial charge in [0, 0.05) is 43.5 Å². The van der Waals surface area contributed by atoms with Gasteiger partial charge in [0.25, 0.3) is 5.69 Å². The highest BCUT2D eigenvalue weighted by Crippen LogP contribution is 2.14. The number of nitrogens with zero attached hydrogens (tertiary/aromatic N) is 2. The lowest BCUT2D eigenvalue weighted by Gasteiger charge is -2.21. The molecule has 0 saturated heterocycles. The Bertz CT molecular complexity index is 613. The molecule has 0 aliphatic carbocycles. The van der Waals surface area contributed by atoms with Crippen molar-refractivity contribution >= 4 is 47.2 Å². The SMILES string of the molecule is CN=C(NCCNc1ccc([N+](=O)[O-])cc1)NCC(=O)NC(C)(C)C.I. The second-order valence-electron chi connectivity index (χ2n) is 6.38. The van der Waals surface area contributed by atoms with Gasteiger partial charge >= 0.3 is 0 Å². The highest BCUT2D eigenvalue weighted by Gasteiger charge is 2.13. The predicted molar refractivity (Wildman–Crippen MR) is 114 cm³/mol. The summed E-state index contributed by atoms with van der Waals surface area (Å²) in [6, 6.07) is 6.21. The largest absolute Gasteiger partial charge is 0.383 e. The Hall–Kier alpha value is -2.11. The molecule has 0 radical (unpaired) electrons. The van der Waals surface area contributed by atoms with E-state index in [0.717, 1.165) is 5.69 Å². The van der Waals surface area contributed by atoms with Crippen molar-refractivity contribution in [3.05, 3.63) is 34.4 Å². The number of nitrogens with one attached hydrogen (secondary N) is 4. The third-order valence-electron chi connectivity index (χ3n) is 2.98. The topological polar surface area (TPSA) is 121 Å². The Kier molecular flexibility index (Phi) is 10.6. The fourth-order valence-corrected chi connectivity index (χ4v) is 1.94. The average molecular weight is 478 g/mol. The number of nitro benzene ring substituents is 1. The molecular formula is C16H27IN6O3. The normalized spacial score (nSPS) is 11.2. The Balaban J connectivity index is 0.00000625.